The second kappa shape index (κ2) is 13.5. The van der Waals surface area contributed by atoms with Gasteiger partial charge in [-0.2, -0.15) is 0 Å². The Bertz CT molecular complexity index is 360. The van der Waals surface area contributed by atoms with Crippen LogP contribution < -0.4 is 0 Å². The van der Waals surface area contributed by atoms with E-state index in [1.807, 2.05) is 19.9 Å². The Labute approximate surface area is 142 Å². The predicted molar refractivity (Wildman–Crippen MR) is 95.4 cm³/mol. The Morgan fingerprint density at radius 2 is 1.39 bits per heavy atom. The molecule has 0 aliphatic heterocycles. The molecule has 1 unspecified atom stereocenters. The van der Waals surface area contributed by atoms with Crippen LogP contribution in [0.25, 0.3) is 0 Å². The Morgan fingerprint density at radius 3 is 2.00 bits per heavy atom. The maximum Gasteiger partial charge on any atom is 0.157 e. The lowest BCUT2D eigenvalue weighted by molar-refractivity contribution is -0.140. The summed E-state index contributed by atoms with van der Waals surface area (Å²) in [6.07, 6.45) is 7.34. The molecular weight excluding hydrogens is 288 g/mol. The van der Waals surface area contributed by atoms with E-state index in [2.05, 4.69) is 31.2 Å². The smallest absolute Gasteiger partial charge is 0.157 e. The molecule has 0 heterocycles. The lowest BCUT2D eigenvalue weighted by Crippen LogP contribution is -2.17. The minimum Gasteiger partial charge on any atom is -0.374 e. The molecule has 0 aromatic heterocycles. The van der Waals surface area contributed by atoms with Gasteiger partial charge in [0, 0.05) is 13.2 Å². The van der Waals surface area contributed by atoms with Crippen LogP contribution in [0.5, 0.6) is 0 Å². The average molecular weight is 322 g/mol. The molecule has 132 valence electrons. The van der Waals surface area contributed by atoms with Crippen LogP contribution in [0.4, 0.5) is 0 Å². The maximum atomic E-state index is 5.90. The van der Waals surface area contributed by atoms with Crippen molar-refractivity contribution in [2.24, 2.45) is 0 Å². The molecule has 0 radical (unpaired) electrons. The van der Waals surface area contributed by atoms with Gasteiger partial charge in [-0.25, -0.2) is 0 Å². The van der Waals surface area contributed by atoms with Crippen LogP contribution >= 0.6 is 0 Å². The molecule has 0 saturated heterocycles. The van der Waals surface area contributed by atoms with E-state index in [1.54, 1.807) is 0 Å². The van der Waals surface area contributed by atoms with E-state index >= 15 is 0 Å². The summed E-state index contributed by atoms with van der Waals surface area (Å²) in [5.41, 5.74) is 1.25. The molecule has 0 aliphatic carbocycles. The molecule has 1 aromatic rings. The average Bonchev–Trinajstić information content (AvgIpc) is 2.57. The topological polar surface area (TPSA) is 27.7 Å². The highest BCUT2D eigenvalue weighted by Crippen LogP contribution is 2.13. The molecule has 23 heavy (non-hydrogen) atoms. The molecule has 0 amide bonds. The normalized spacial score (nSPS) is 12.7. The third-order valence-electron chi connectivity index (χ3n) is 3.88. The molecular formula is C20H34O3. The zero-order valence-electron chi connectivity index (χ0n) is 15.1. The van der Waals surface area contributed by atoms with Crippen LogP contribution in [0.15, 0.2) is 30.3 Å². The summed E-state index contributed by atoms with van der Waals surface area (Å²) in [7, 11) is 0. The van der Waals surface area contributed by atoms with Crippen molar-refractivity contribution in [1.82, 2.24) is 0 Å². The zero-order chi connectivity index (χ0) is 16.8. The fourth-order valence-corrected chi connectivity index (χ4v) is 2.58. The molecule has 0 fully saturated rings. The van der Waals surface area contributed by atoms with Gasteiger partial charge in [-0.3, -0.25) is 0 Å². The minimum atomic E-state index is -0.0156. The third kappa shape index (κ3) is 10.5. The first kappa shape index (κ1) is 20.1. The van der Waals surface area contributed by atoms with E-state index in [9.17, 15) is 0 Å². The van der Waals surface area contributed by atoms with Crippen LogP contribution in [0.3, 0.4) is 0 Å². The fraction of sp³-hybridized carbons (Fsp3) is 0.700. The highest BCUT2D eigenvalue weighted by Gasteiger charge is 2.07. The molecule has 0 N–H and O–H groups in total. The van der Waals surface area contributed by atoms with Gasteiger partial charge in [0.2, 0.25) is 0 Å². The fourth-order valence-electron chi connectivity index (χ4n) is 2.58. The van der Waals surface area contributed by atoms with Gasteiger partial charge in [-0.1, -0.05) is 49.6 Å². The standard InChI is InChI=1S/C20H34O3/c1-4-21-20(22-5-2)16-12-7-6-9-13-18(3)23-17-19-14-10-8-11-15-19/h8,10-11,14-15,18,20H,4-7,9,12-13,16-17H2,1-3H3. The van der Waals surface area contributed by atoms with Gasteiger partial charge in [0.05, 0.1) is 12.7 Å². The van der Waals surface area contributed by atoms with Crippen LogP contribution in [0, 0.1) is 0 Å². The number of ether oxygens (including phenoxy) is 3. The second-order valence-electron chi connectivity index (χ2n) is 5.94. The number of rotatable bonds is 14. The van der Waals surface area contributed by atoms with Crippen LogP contribution in [0.2, 0.25) is 0 Å². The second-order valence-corrected chi connectivity index (χ2v) is 5.94. The molecule has 0 bridgehead atoms. The lowest BCUT2D eigenvalue weighted by atomic mass is 10.1. The van der Waals surface area contributed by atoms with Crippen molar-refractivity contribution in [3.63, 3.8) is 0 Å². The van der Waals surface area contributed by atoms with Crippen molar-refractivity contribution >= 4 is 0 Å². The Balaban J connectivity index is 1.99. The van der Waals surface area contributed by atoms with Gasteiger partial charge < -0.3 is 14.2 Å². The van der Waals surface area contributed by atoms with Crippen molar-refractivity contribution in [2.75, 3.05) is 13.2 Å². The molecule has 1 rings (SSSR count). The first-order chi connectivity index (χ1) is 11.3. The number of unbranched alkanes of at least 4 members (excludes halogenated alkanes) is 3. The quantitative estimate of drug-likeness (QED) is 0.342. The lowest BCUT2D eigenvalue weighted by Gasteiger charge is -2.16. The van der Waals surface area contributed by atoms with E-state index in [4.69, 9.17) is 14.2 Å². The van der Waals surface area contributed by atoms with Gasteiger partial charge in [-0.15, -0.1) is 0 Å². The molecule has 0 aliphatic rings. The van der Waals surface area contributed by atoms with Crippen molar-refractivity contribution in [1.29, 1.82) is 0 Å². The maximum absolute atomic E-state index is 5.90. The SMILES string of the molecule is CCOC(CCCCCCC(C)OCc1ccccc1)OCC. The first-order valence-electron chi connectivity index (χ1n) is 9.15. The van der Waals surface area contributed by atoms with Gasteiger partial charge in [0.1, 0.15) is 0 Å². The van der Waals surface area contributed by atoms with Gasteiger partial charge >= 0.3 is 0 Å². The highest BCUT2D eigenvalue weighted by atomic mass is 16.7. The van der Waals surface area contributed by atoms with E-state index in [0.717, 1.165) is 26.1 Å². The van der Waals surface area contributed by atoms with Gasteiger partial charge in [-0.05, 0) is 45.6 Å². The van der Waals surface area contributed by atoms with Gasteiger partial charge in [0.25, 0.3) is 0 Å². The van der Waals surface area contributed by atoms with E-state index in [1.165, 1.54) is 31.2 Å². The molecule has 1 aromatic carbocycles. The summed E-state index contributed by atoms with van der Waals surface area (Å²) in [6.45, 7) is 8.36. The zero-order valence-corrected chi connectivity index (χ0v) is 15.1. The predicted octanol–water partition coefficient (Wildman–Crippen LogP) is 5.33. The number of benzene rings is 1. The molecule has 0 spiro atoms. The van der Waals surface area contributed by atoms with Gasteiger partial charge in [0.15, 0.2) is 6.29 Å². The third-order valence-corrected chi connectivity index (χ3v) is 3.88. The molecule has 1 atom stereocenters. The Hall–Kier alpha value is -0.900. The van der Waals surface area contributed by atoms with Crippen LogP contribution in [-0.4, -0.2) is 25.6 Å². The summed E-state index contributed by atoms with van der Waals surface area (Å²) in [4.78, 5) is 0. The van der Waals surface area contributed by atoms with Crippen molar-refractivity contribution in [3.05, 3.63) is 35.9 Å². The van der Waals surface area contributed by atoms with Crippen molar-refractivity contribution in [3.8, 4) is 0 Å². The van der Waals surface area contributed by atoms with E-state index < -0.39 is 0 Å². The molecule has 3 heteroatoms. The van der Waals surface area contributed by atoms with Crippen LogP contribution in [-0.2, 0) is 20.8 Å². The van der Waals surface area contributed by atoms with Crippen molar-refractivity contribution < 1.29 is 14.2 Å². The van der Waals surface area contributed by atoms with E-state index in [0.29, 0.717) is 12.7 Å². The minimum absolute atomic E-state index is 0.0156. The summed E-state index contributed by atoms with van der Waals surface area (Å²) in [5.74, 6) is 0. The Morgan fingerprint density at radius 1 is 0.783 bits per heavy atom. The number of hydrogen-bond acceptors (Lipinski definition) is 3. The number of hydrogen-bond donors (Lipinski definition) is 0. The summed E-state index contributed by atoms with van der Waals surface area (Å²) >= 11 is 0. The molecule has 0 saturated carbocycles. The first-order valence-corrected chi connectivity index (χ1v) is 9.15. The van der Waals surface area contributed by atoms with E-state index in [-0.39, 0.29) is 6.29 Å². The Kier molecular flexibility index (Phi) is 11.9. The summed E-state index contributed by atoms with van der Waals surface area (Å²) in [6, 6.07) is 10.4. The summed E-state index contributed by atoms with van der Waals surface area (Å²) in [5, 5.41) is 0. The monoisotopic (exact) mass is 322 g/mol. The largest absolute Gasteiger partial charge is 0.374 e. The van der Waals surface area contributed by atoms with Crippen LogP contribution in [0.1, 0.15) is 64.9 Å². The molecule has 3 nitrogen and oxygen atoms in total. The van der Waals surface area contributed by atoms with Crippen molar-refractivity contribution in [2.45, 2.75) is 78.3 Å². The highest BCUT2D eigenvalue weighted by molar-refractivity contribution is 5.13. The summed E-state index contributed by atoms with van der Waals surface area (Å²) < 4.78 is 17.0.